The first-order chi connectivity index (χ1) is 15.5. The number of rotatable bonds is 9. The Kier molecular flexibility index (Phi) is 8.61. The zero-order valence-corrected chi connectivity index (χ0v) is 23.2. The van der Waals surface area contributed by atoms with E-state index in [1.807, 2.05) is 0 Å². The molecule has 0 saturated carbocycles. The van der Waals surface area contributed by atoms with Gasteiger partial charge in [0.1, 0.15) is 0 Å². The lowest BCUT2D eigenvalue weighted by atomic mass is 9.96. The molecule has 0 aliphatic heterocycles. The number of aromatic nitrogens is 2. The monoisotopic (exact) mass is 513 g/mol. The molecule has 2 aromatic heterocycles. The summed E-state index contributed by atoms with van der Waals surface area (Å²) in [6, 6.07) is 0.689. The molecule has 11 heteroatoms. The molecule has 2 atom stereocenters. The van der Waals surface area contributed by atoms with Gasteiger partial charge in [-0.25, -0.2) is 13.9 Å². The first kappa shape index (κ1) is 28.3. The molecule has 190 valence electrons. The molecule has 2 N–H and O–H groups in total. The van der Waals surface area contributed by atoms with Crippen molar-refractivity contribution in [1.82, 2.24) is 14.9 Å². The maximum absolute atomic E-state index is 15.0. The highest BCUT2D eigenvalue weighted by atomic mass is 32.2. The second kappa shape index (κ2) is 10.3. The molecule has 8 nitrogen and oxygen atoms in total. The van der Waals surface area contributed by atoms with Crippen molar-refractivity contribution in [3.63, 3.8) is 0 Å². The van der Waals surface area contributed by atoms with Crippen molar-refractivity contribution in [2.24, 2.45) is 0 Å². The summed E-state index contributed by atoms with van der Waals surface area (Å²) in [6.07, 6.45) is 0.941. The second-order valence-corrected chi connectivity index (χ2v) is 17.6. The predicted molar refractivity (Wildman–Crippen MR) is 132 cm³/mol. The summed E-state index contributed by atoms with van der Waals surface area (Å²) in [5, 5.41) is 13.4. The van der Waals surface area contributed by atoms with Crippen LogP contribution < -0.4 is 4.72 Å². The number of nitrogens with zero attached hydrogens (tertiary/aromatic N) is 2. The maximum Gasteiger partial charge on any atom is 0.305 e. The van der Waals surface area contributed by atoms with E-state index in [-0.39, 0.29) is 23.0 Å². The highest BCUT2D eigenvalue weighted by Gasteiger charge is 2.38. The fourth-order valence-corrected chi connectivity index (χ4v) is 4.67. The fraction of sp³-hybridized carbons (Fsp3) is 0.609. The minimum Gasteiger partial charge on any atom is -0.481 e. The van der Waals surface area contributed by atoms with Crippen LogP contribution >= 0.6 is 0 Å². The third-order valence-corrected chi connectivity index (χ3v) is 12.1. The largest absolute Gasteiger partial charge is 0.481 e. The van der Waals surface area contributed by atoms with E-state index in [2.05, 4.69) is 48.7 Å². The first-order valence-electron chi connectivity index (χ1n) is 11.1. The Morgan fingerprint density at radius 2 is 1.91 bits per heavy atom. The van der Waals surface area contributed by atoms with Crippen LogP contribution in [0.2, 0.25) is 18.1 Å². The van der Waals surface area contributed by atoms with Gasteiger partial charge in [0, 0.05) is 17.3 Å². The van der Waals surface area contributed by atoms with Crippen LogP contribution in [-0.4, -0.2) is 38.5 Å². The quantitative estimate of drug-likeness (QED) is 0.346. The van der Waals surface area contributed by atoms with Crippen molar-refractivity contribution in [1.29, 1.82) is 0 Å². The topological polar surface area (TPSA) is 115 Å². The second-order valence-electron chi connectivity index (χ2n) is 10.8. The third-order valence-electron chi connectivity index (χ3n) is 6.05. The van der Waals surface area contributed by atoms with Gasteiger partial charge in [-0.2, -0.15) is 4.39 Å². The predicted octanol–water partition coefficient (Wildman–Crippen LogP) is 5.27. The van der Waals surface area contributed by atoms with Gasteiger partial charge in [-0.15, -0.1) is 0 Å². The molecule has 0 spiro atoms. The minimum atomic E-state index is -2.20. The van der Waals surface area contributed by atoms with Crippen LogP contribution in [-0.2, 0) is 26.8 Å². The maximum atomic E-state index is 15.0. The van der Waals surface area contributed by atoms with E-state index >= 15 is 0 Å². The van der Waals surface area contributed by atoms with Gasteiger partial charge in [0.25, 0.3) is 0 Å². The number of hydrogen-bond acceptors (Lipinski definition) is 6. The molecule has 0 fully saturated rings. The van der Waals surface area contributed by atoms with Crippen LogP contribution in [0.25, 0.3) is 11.1 Å². The summed E-state index contributed by atoms with van der Waals surface area (Å²) in [7, 11) is -3.78. The smallest absolute Gasteiger partial charge is 0.305 e. The molecule has 34 heavy (non-hydrogen) atoms. The molecule has 2 rings (SSSR count). The zero-order valence-electron chi connectivity index (χ0n) is 21.4. The van der Waals surface area contributed by atoms with E-state index in [4.69, 9.17) is 8.95 Å². The van der Waals surface area contributed by atoms with Gasteiger partial charge in [-0.3, -0.25) is 4.79 Å². The molecule has 2 unspecified atom stereocenters. The van der Waals surface area contributed by atoms with E-state index in [1.54, 1.807) is 33.8 Å². The van der Waals surface area contributed by atoms with Gasteiger partial charge < -0.3 is 14.1 Å². The van der Waals surface area contributed by atoms with Crippen molar-refractivity contribution in [3.05, 3.63) is 35.2 Å². The molecule has 0 aromatic carbocycles. The molecule has 0 aliphatic carbocycles. The Balaban J connectivity index is 2.57. The average Bonchev–Trinajstić information content (AvgIpc) is 3.05. The molecule has 0 aliphatic rings. The minimum absolute atomic E-state index is 0.000502. The Morgan fingerprint density at radius 3 is 2.44 bits per heavy atom. The number of aryl methyl sites for hydroxylation is 1. The number of hydrogen-bond donors (Lipinski definition) is 2. The van der Waals surface area contributed by atoms with E-state index < -0.39 is 48.4 Å². The SMILES string of the molecule is Cc1noc(C(CC(=O)O)NS(=O)C(C)(C)C)c1-c1ccnc(F)c1CO[Si](C)(C)C(C)(C)C. The lowest BCUT2D eigenvalue weighted by Gasteiger charge is -2.36. The Hall–Kier alpha value is -1.95. The summed E-state index contributed by atoms with van der Waals surface area (Å²) < 4.78 is 41.8. The van der Waals surface area contributed by atoms with E-state index in [0.717, 1.165) is 0 Å². The van der Waals surface area contributed by atoms with Crippen molar-refractivity contribution < 1.29 is 27.4 Å². The number of nitrogens with one attached hydrogen (secondary N) is 1. The zero-order chi connectivity index (χ0) is 26.1. The van der Waals surface area contributed by atoms with Gasteiger partial charge in [-0.1, -0.05) is 25.9 Å². The third kappa shape index (κ3) is 6.59. The van der Waals surface area contributed by atoms with Crippen LogP contribution in [0.1, 0.15) is 71.0 Å². The Bertz CT molecular complexity index is 1060. The van der Waals surface area contributed by atoms with Crippen molar-refractivity contribution >= 4 is 25.3 Å². The number of pyridine rings is 1. The molecular formula is C23H36FN3O5SSi. The van der Waals surface area contributed by atoms with Gasteiger partial charge in [0.2, 0.25) is 5.95 Å². The van der Waals surface area contributed by atoms with Crippen LogP contribution in [0.3, 0.4) is 0 Å². The van der Waals surface area contributed by atoms with Crippen molar-refractivity contribution in [2.45, 2.75) is 90.4 Å². The fourth-order valence-electron chi connectivity index (χ4n) is 2.93. The molecule has 2 heterocycles. The van der Waals surface area contributed by atoms with Gasteiger partial charge in [0.15, 0.2) is 14.1 Å². The lowest BCUT2D eigenvalue weighted by Crippen LogP contribution is -2.40. The number of carboxylic acid groups (broad SMARTS) is 1. The van der Waals surface area contributed by atoms with Gasteiger partial charge >= 0.3 is 5.97 Å². The Morgan fingerprint density at radius 1 is 1.29 bits per heavy atom. The highest BCUT2D eigenvalue weighted by molar-refractivity contribution is 7.84. The van der Waals surface area contributed by atoms with Gasteiger partial charge in [-0.05, 0) is 57.5 Å². The van der Waals surface area contributed by atoms with Crippen LogP contribution in [0.5, 0.6) is 0 Å². The summed E-state index contributed by atoms with van der Waals surface area (Å²) >= 11 is 0. The normalized spacial score (nSPS) is 14.8. The lowest BCUT2D eigenvalue weighted by molar-refractivity contribution is -0.137. The molecule has 0 bridgehead atoms. The summed E-state index contributed by atoms with van der Waals surface area (Å²) in [4.78, 5) is 15.4. The number of halogens is 1. The number of aliphatic carboxylic acids is 1. The van der Waals surface area contributed by atoms with E-state index in [0.29, 0.717) is 16.8 Å². The molecule has 2 aromatic rings. The van der Waals surface area contributed by atoms with Crippen molar-refractivity contribution in [2.75, 3.05) is 0 Å². The van der Waals surface area contributed by atoms with Crippen molar-refractivity contribution in [3.8, 4) is 11.1 Å². The first-order valence-corrected chi connectivity index (χ1v) is 15.1. The number of carboxylic acids is 1. The molecule has 0 saturated heterocycles. The average molecular weight is 514 g/mol. The molecule has 0 amide bonds. The standard InChI is InChI=1S/C23H36FN3O5SSi/c1-14-19(20(32-26-14)17(12-18(28)29)27-33(30)22(2,3)4)15-10-11-25-21(24)16(15)13-31-34(8,9)23(5,6)7/h10-11,17,27H,12-13H2,1-9H3,(H,28,29). The number of carbonyl (C=O) groups is 1. The molecular weight excluding hydrogens is 477 g/mol. The van der Waals surface area contributed by atoms with E-state index in [1.165, 1.54) is 6.20 Å². The summed E-state index contributed by atoms with van der Waals surface area (Å²) in [5.74, 6) is -1.61. The van der Waals surface area contributed by atoms with Crippen LogP contribution in [0.15, 0.2) is 16.8 Å². The summed E-state index contributed by atoms with van der Waals surface area (Å²) in [6.45, 7) is 17.5. The van der Waals surface area contributed by atoms with Crippen LogP contribution in [0, 0.1) is 12.9 Å². The Labute approximate surface area is 204 Å². The molecule has 0 radical (unpaired) electrons. The highest BCUT2D eigenvalue weighted by Crippen LogP contribution is 2.39. The summed E-state index contributed by atoms with van der Waals surface area (Å²) in [5.41, 5.74) is 1.59. The van der Waals surface area contributed by atoms with Crippen LogP contribution in [0.4, 0.5) is 4.39 Å². The van der Waals surface area contributed by atoms with Gasteiger partial charge in [0.05, 0.1) is 40.5 Å². The van der Waals surface area contributed by atoms with E-state index in [9.17, 15) is 18.5 Å².